The van der Waals surface area contributed by atoms with E-state index in [1.54, 1.807) is 0 Å². The van der Waals surface area contributed by atoms with E-state index in [4.69, 9.17) is 0 Å². The Labute approximate surface area is 233 Å². The molecule has 1 heterocycles. The number of nitrogens with zero attached hydrogens (tertiary/aromatic N) is 1. The molecule has 38 heavy (non-hydrogen) atoms. The second-order valence-corrected chi connectivity index (χ2v) is 11.7. The lowest BCUT2D eigenvalue weighted by Crippen LogP contribution is -2.61. The molecule has 6 rings (SSSR count). The molecule has 0 amide bonds. The fraction of sp³-hybridized carbons (Fsp3) is 0.171. The standard InChI is InChI=1S/C35H30BrNO/c1-34(2)30-22-28(36)19-20-31(30)37(3)35(34)23-27(24-13-7-4-8-14-24)21-29(25-15-9-5-10-16-25)32(35)33(38)26-17-11-6-12-18-26/h4-23,32H,1-3H3/t32-,35+/m1/s1. The van der Waals surface area contributed by atoms with Gasteiger partial charge in [0.2, 0.25) is 0 Å². The molecule has 0 N–H and O–H groups in total. The van der Waals surface area contributed by atoms with Gasteiger partial charge in [0.05, 0.1) is 11.5 Å². The highest BCUT2D eigenvalue weighted by Crippen LogP contribution is 2.60. The Hall–Kier alpha value is -3.69. The highest BCUT2D eigenvalue weighted by atomic mass is 79.9. The zero-order valence-corrected chi connectivity index (χ0v) is 23.4. The molecule has 4 aromatic rings. The number of carbonyl (C=O) groups excluding carboxylic acids is 1. The highest BCUT2D eigenvalue weighted by molar-refractivity contribution is 9.10. The van der Waals surface area contributed by atoms with Gasteiger partial charge in [-0.3, -0.25) is 4.79 Å². The number of fused-ring (bicyclic) bond motifs is 1. The number of carbonyl (C=O) groups is 1. The van der Waals surface area contributed by atoms with Crippen LogP contribution in [0.25, 0.3) is 11.1 Å². The lowest BCUT2D eigenvalue weighted by Gasteiger charge is -2.52. The SMILES string of the molecule is CN1c2ccc(Br)cc2C(C)(C)[C@@]12C=C(c1ccccc1)C=C(c1ccccc1)[C@@H]2C(=O)c1ccccc1. The van der Waals surface area contributed by atoms with Crippen molar-refractivity contribution in [3.63, 3.8) is 0 Å². The van der Waals surface area contributed by atoms with Crippen molar-refractivity contribution >= 4 is 38.5 Å². The first-order valence-electron chi connectivity index (χ1n) is 13.0. The number of halogens is 1. The molecular formula is C35H30BrNO. The summed E-state index contributed by atoms with van der Waals surface area (Å²) in [5.74, 6) is -0.290. The van der Waals surface area contributed by atoms with Crippen molar-refractivity contribution in [2.45, 2.75) is 24.8 Å². The Morgan fingerprint density at radius 3 is 2.00 bits per heavy atom. The molecule has 1 spiro atoms. The summed E-state index contributed by atoms with van der Waals surface area (Å²) in [4.78, 5) is 17.1. The van der Waals surface area contributed by atoms with Crippen LogP contribution in [0.4, 0.5) is 5.69 Å². The van der Waals surface area contributed by atoms with Crippen molar-refractivity contribution < 1.29 is 4.79 Å². The number of anilines is 1. The molecule has 1 aliphatic heterocycles. The second-order valence-electron chi connectivity index (χ2n) is 10.8. The summed E-state index contributed by atoms with van der Waals surface area (Å²) in [6.45, 7) is 4.58. The van der Waals surface area contributed by atoms with Gasteiger partial charge in [-0.05, 0) is 58.2 Å². The number of hydrogen-bond acceptors (Lipinski definition) is 2. The average molecular weight is 561 g/mol. The first-order valence-corrected chi connectivity index (χ1v) is 13.8. The molecule has 4 aromatic carbocycles. The van der Waals surface area contributed by atoms with E-state index in [2.05, 4.69) is 121 Å². The van der Waals surface area contributed by atoms with Crippen molar-refractivity contribution in [2.24, 2.45) is 5.92 Å². The van der Waals surface area contributed by atoms with Crippen LogP contribution in [0.1, 0.15) is 40.9 Å². The molecule has 0 saturated heterocycles. The van der Waals surface area contributed by atoms with Crippen molar-refractivity contribution in [2.75, 3.05) is 11.9 Å². The molecule has 3 heteroatoms. The van der Waals surface area contributed by atoms with Crippen LogP contribution in [0.15, 0.2) is 126 Å². The summed E-state index contributed by atoms with van der Waals surface area (Å²) in [6.07, 6.45) is 4.61. The highest BCUT2D eigenvalue weighted by Gasteiger charge is 2.62. The predicted molar refractivity (Wildman–Crippen MR) is 161 cm³/mol. The number of benzene rings is 4. The number of allylic oxidation sites excluding steroid dienone is 2. The molecule has 2 aliphatic rings. The second kappa shape index (κ2) is 9.25. The minimum Gasteiger partial charge on any atom is -0.363 e. The van der Waals surface area contributed by atoms with Gasteiger partial charge in [-0.25, -0.2) is 0 Å². The minimum absolute atomic E-state index is 0.135. The van der Waals surface area contributed by atoms with Gasteiger partial charge in [-0.15, -0.1) is 0 Å². The summed E-state index contributed by atoms with van der Waals surface area (Å²) in [5.41, 5.74) is 6.49. The van der Waals surface area contributed by atoms with Crippen LogP contribution in [0.3, 0.4) is 0 Å². The third kappa shape index (κ3) is 3.64. The number of Topliss-reactive ketones (excluding diaryl/α,β-unsaturated/α-hetero) is 1. The van der Waals surface area contributed by atoms with Crippen LogP contribution in [0.5, 0.6) is 0 Å². The van der Waals surface area contributed by atoms with Gasteiger partial charge in [-0.1, -0.05) is 121 Å². The predicted octanol–water partition coefficient (Wildman–Crippen LogP) is 8.60. The zero-order chi connectivity index (χ0) is 26.5. The van der Waals surface area contributed by atoms with Crippen molar-refractivity contribution in [1.82, 2.24) is 0 Å². The third-order valence-corrected chi connectivity index (χ3v) is 9.02. The van der Waals surface area contributed by atoms with Gasteiger partial charge in [0, 0.05) is 28.2 Å². The van der Waals surface area contributed by atoms with Gasteiger partial charge < -0.3 is 4.90 Å². The maximum atomic E-state index is 14.7. The number of ketones is 1. The Kier molecular flexibility index (Phi) is 6.00. The smallest absolute Gasteiger partial charge is 0.173 e. The Morgan fingerprint density at radius 1 is 0.789 bits per heavy atom. The maximum absolute atomic E-state index is 14.7. The maximum Gasteiger partial charge on any atom is 0.173 e. The molecule has 0 saturated carbocycles. The number of hydrogen-bond donors (Lipinski definition) is 0. The first-order chi connectivity index (χ1) is 18.3. The summed E-state index contributed by atoms with van der Waals surface area (Å²) in [6, 6.07) is 37.2. The fourth-order valence-corrected chi connectivity index (χ4v) is 6.97. The summed E-state index contributed by atoms with van der Waals surface area (Å²) in [7, 11) is 2.15. The van der Waals surface area contributed by atoms with Crippen LogP contribution < -0.4 is 4.90 Å². The summed E-state index contributed by atoms with van der Waals surface area (Å²) >= 11 is 3.71. The van der Waals surface area contributed by atoms with E-state index >= 15 is 0 Å². The topological polar surface area (TPSA) is 20.3 Å². The number of likely N-dealkylation sites (N-methyl/N-ethyl adjacent to an activating group) is 1. The number of rotatable bonds is 4. The van der Waals surface area contributed by atoms with E-state index in [1.165, 1.54) is 5.56 Å². The van der Waals surface area contributed by atoms with Gasteiger partial charge in [0.15, 0.2) is 5.78 Å². The fourth-order valence-electron chi connectivity index (χ4n) is 6.61. The van der Waals surface area contributed by atoms with E-state index < -0.39 is 11.5 Å². The Bertz CT molecular complexity index is 1570. The average Bonchev–Trinajstić information content (AvgIpc) is 3.11. The monoisotopic (exact) mass is 559 g/mol. The molecule has 0 fully saturated rings. The van der Waals surface area contributed by atoms with Crippen molar-refractivity contribution in [3.8, 4) is 0 Å². The van der Waals surface area contributed by atoms with Crippen LogP contribution in [0, 0.1) is 5.92 Å². The Balaban J connectivity index is 1.69. The van der Waals surface area contributed by atoms with Crippen LogP contribution in [0.2, 0.25) is 0 Å². The van der Waals surface area contributed by atoms with Gasteiger partial charge >= 0.3 is 0 Å². The molecule has 188 valence electrons. The molecule has 2 atom stereocenters. The molecule has 2 nitrogen and oxygen atoms in total. The van der Waals surface area contributed by atoms with Crippen molar-refractivity contribution in [3.05, 3.63) is 148 Å². The van der Waals surface area contributed by atoms with E-state index in [-0.39, 0.29) is 11.2 Å². The van der Waals surface area contributed by atoms with Gasteiger partial charge in [-0.2, -0.15) is 0 Å². The van der Waals surface area contributed by atoms with Crippen molar-refractivity contribution in [1.29, 1.82) is 0 Å². The third-order valence-electron chi connectivity index (χ3n) is 8.52. The lowest BCUT2D eigenvalue weighted by atomic mass is 9.57. The van der Waals surface area contributed by atoms with Gasteiger partial charge in [0.25, 0.3) is 0 Å². The normalized spacial score (nSPS) is 21.6. The molecular weight excluding hydrogens is 530 g/mol. The van der Waals surface area contributed by atoms with Crippen LogP contribution >= 0.6 is 15.9 Å². The molecule has 0 bridgehead atoms. The minimum atomic E-state index is -0.645. The van der Waals surface area contributed by atoms with Crippen LogP contribution in [-0.2, 0) is 5.41 Å². The van der Waals surface area contributed by atoms with E-state index in [0.29, 0.717) is 0 Å². The largest absolute Gasteiger partial charge is 0.363 e. The van der Waals surface area contributed by atoms with E-state index in [1.807, 2.05) is 42.5 Å². The van der Waals surface area contributed by atoms with E-state index in [9.17, 15) is 4.79 Å². The molecule has 0 unspecified atom stereocenters. The Morgan fingerprint density at radius 2 is 1.37 bits per heavy atom. The molecule has 1 aliphatic carbocycles. The van der Waals surface area contributed by atoms with E-state index in [0.717, 1.165) is 38.0 Å². The molecule has 0 radical (unpaired) electrons. The van der Waals surface area contributed by atoms with Crippen LogP contribution in [-0.4, -0.2) is 18.4 Å². The van der Waals surface area contributed by atoms with Gasteiger partial charge in [0.1, 0.15) is 0 Å². The summed E-state index contributed by atoms with van der Waals surface area (Å²) in [5, 5.41) is 0. The summed E-state index contributed by atoms with van der Waals surface area (Å²) < 4.78 is 1.04. The zero-order valence-electron chi connectivity index (χ0n) is 21.9. The first kappa shape index (κ1) is 24.6. The molecule has 0 aromatic heterocycles. The quantitative estimate of drug-likeness (QED) is 0.233. The lowest BCUT2D eigenvalue weighted by molar-refractivity contribution is 0.0885.